The Morgan fingerprint density at radius 1 is 1.44 bits per heavy atom. The Kier molecular flexibility index (Phi) is 4.39. The molecule has 4 heteroatoms. The molecule has 1 aliphatic rings. The minimum absolute atomic E-state index is 0.193. The molecule has 1 heterocycles. The molecule has 0 aromatic carbocycles. The zero-order valence-electron chi connectivity index (χ0n) is 11.4. The van der Waals surface area contributed by atoms with Gasteiger partial charge in [-0.1, -0.05) is 19.3 Å². The summed E-state index contributed by atoms with van der Waals surface area (Å²) >= 11 is 0. The lowest BCUT2D eigenvalue weighted by Gasteiger charge is -2.35. The van der Waals surface area contributed by atoms with E-state index in [0.29, 0.717) is 6.04 Å². The Morgan fingerprint density at radius 3 is 2.72 bits per heavy atom. The second kappa shape index (κ2) is 6.03. The van der Waals surface area contributed by atoms with Crippen LogP contribution in [0.15, 0.2) is 18.5 Å². The van der Waals surface area contributed by atoms with E-state index in [2.05, 4.69) is 12.0 Å². The Balaban J connectivity index is 2.04. The molecule has 1 atom stereocenters. The first-order chi connectivity index (χ1) is 8.74. The quantitative estimate of drug-likeness (QED) is 0.822. The number of aromatic nitrogens is 2. The number of carbonyl (C=O) groups excluding carboxylic acids is 1. The molecular weight excluding hydrogens is 226 g/mol. The van der Waals surface area contributed by atoms with E-state index < -0.39 is 0 Å². The Bertz CT molecular complexity index is 368. The van der Waals surface area contributed by atoms with Gasteiger partial charge in [-0.15, -0.1) is 0 Å². The van der Waals surface area contributed by atoms with Crippen LogP contribution in [0.2, 0.25) is 0 Å². The van der Waals surface area contributed by atoms with Crippen molar-refractivity contribution in [1.82, 2.24) is 14.7 Å². The van der Waals surface area contributed by atoms with Crippen molar-refractivity contribution in [3.05, 3.63) is 18.5 Å². The van der Waals surface area contributed by atoms with Gasteiger partial charge in [0.15, 0.2) is 0 Å². The average molecular weight is 249 g/mol. The molecule has 0 bridgehead atoms. The fourth-order valence-corrected chi connectivity index (χ4v) is 2.85. The van der Waals surface area contributed by atoms with E-state index in [-0.39, 0.29) is 11.9 Å². The standard InChI is InChI=1S/C14H23N3O/c1-3-16(13-8-5-4-6-9-13)14(18)12(2)17-11-7-10-15-17/h7,10-13H,3-6,8-9H2,1-2H3. The predicted octanol–water partition coefficient (Wildman–Crippen LogP) is 2.63. The van der Waals surface area contributed by atoms with Crippen molar-refractivity contribution in [2.75, 3.05) is 6.54 Å². The number of hydrogen-bond donors (Lipinski definition) is 0. The van der Waals surface area contributed by atoms with Crippen molar-refractivity contribution in [1.29, 1.82) is 0 Å². The van der Waals surface area contributed by atoms with Gasteiger partial charge in [-0.05, 0) is 32.8 Å². The monoisotopic (exact) mass is 249 g/mol. The Hall–Kier alpha value is -1.32. The molecule has 1 fully saturated rings. The number of amides is 1. The van der Waals surface area contributed by atoms with Gasteiger partial charge in [0.25, 0.3) is 0 Å². The van der Waals surface area contributed by atoms with Crippen LogP contribution in [0.1, 0.15) is 52.0 Å². The molecule has 0 radical (unpaired) electrons. The summed E-state index contributed by atoms with van der Waals surface area (Å²) in [7, 11) is 0. The number of nitrogens with zero attached hydrogens (tertiary/aromatic N) is 3. The molecule has 1 amide bonds. The fraction of sp³-hybridized carbons (Fsp3) is 0.714. The second-order valence-electron chi connectivity index (χ2n) is 5.08. The summed E-state index contributed by atoms with van der Waals surface area (Å²) < 4.78 is 1.74. The zero-order chi connectivity index (χ0) is 13.0. The molecule has 1 aliphatic carbocycles. The van der Waals surface area contributed by atoms with Gasteiger partial charge >= 0.3 is 0 Å². The minimum Gasteiger partial charge on any atom is -0.338 e. The van der Waals surface area contributed by atoms with Gasteiger partial charge in [0.1, 0.15) is 6.04 Å². The molecule has 1 aromatic heterocycles. The van der Waals surface area contributed by atoms with Gasteiger partial charge in [0, 0.05) is 25.0 Å². The minimum atomic E-state index is -0.193. The first-order valence-corrected chi connectivity index (χ1v) is 7.03. The molecule has 1 saturated carbocycles. The van der Waals surface area contributed by atoms with Crippen LogP contribution in [0, 0.1) is 0 Å². The first kappa shape index (κ1) is 13.1. The van der Waals surface area contributed by atoms with Crippen LogP contribution in [0.3, 0.4) is 0 Å². The number of hydrogen-bond acceptors (Lipinski definition) is 2. The Labute approximate surface area is 109 Å². The molecule has 100 valence electrons. The summed E-state index contributed by atoms with van der Waals surface area (Å²) in [5.41, 5.74) is 0. The van der Waals surface area contributed by atoms with E-state index in [4.69, 9.17) is 0 Å². The molecule has 2 rings (SSSR count). The lowest BCUT2D eigenvalue weighted by atomic mass is 9.94. The van der Waals surface area contributed by atoms with Gasteiger partial charge in [0.05, 0.1) is 0 Å². The number of rotatable bonds is 4. The van der Waals surface area contributed by atoms with Crippen molar-refractivity contribution in [2.24, 2.45) is 0 Å². The van der Waals surface area contributed by atoms with Crippen LogP contribution in [0.25, 0.3) is 0 Å². The van der Waals surface area contributed by atoms with E-state index in [1.807, 2.05) is 24.1 Å². The van der Waals surface area contributed by atoms with E-state index in [1.165, 1.54) is 19.3 Å². The maximum absolute atomic E-state index is 12.5. The Morgan fingerprint density at radius 2 is 2.17 bits per heavy atom. The highest BCUT2D eigenvalue weighted by Gasteiger charge is 2.28. The topological polar surface area (TPSA) is 38.1 Å². The maximum atomic E-state index is 12.5. The van der Waals surface area contributed by atoms with Gasteiger partial charge < -0.3 is 4.90 Å². The van der Waals surface area contributed by atoms with Crippen molar-refractivity contribution in [2.45, 2.75) is 58.0 Å². The zero-order valence-corrected chi connectivity index (χ0v) is 11.4. The summed E-state index contributed by atoms with van der Waals surface area (Å²) in [5.74, 6) is 0.202. The molecule has 0 N–H and O–H groups in total. The molecule has 1 unspecified atom stereocenters. The summed E-state index contributed by atoms with van der Waals surface area (Å²) in [6, 6.07) is 2.11. The average Bonchev–Trinajstić information content (AvgIpc) is 2.94. The van der Waals surface area contributed by atoms with Gasteiger partial charge in [0.2, 0.25) is 5.91 Å². The summed E-state index contributed by atoms with van der Waals surface area (Å²) in [5, 5.41) is 4.17. The lowest BCUT2D eigenvalue weighted by Crippen LogP contribution is -2.44. The van der Waals surface area contributed by atoms with E-state index >= 15 is 0 Å². The van der Waals surface area contributed by atoms with Gasteiger partial charge in [-0.3, -0.25) is 9.48 Å². The van der Waals surface area contributed by atoms with E-state index in [1.54, 1.807) is 10.9 Å². The van der Waals surface area contributed by atoms with Crippen LogP contribution >= 0.6 is 0 Å². The summed E-state index contributed by atoms with van der Waals surface area (Å²) in [6.45, 7) is 4.80. The first-order valence-electron chi connectivity index (χ1n) is 7.03. The van der Waals surface area contributed by atoms with Crippen LogP contribution in [0.4, 0.5) is 0 Å². The normalized spacial score (nSPS) is 18.6. The highest BCUT2D eigenvalue weighted by molar-refractivity contribution is 5.80. The molecular formula is C14H23N3O. The second-order valence-corrected chi connectivity index (χ2v) is 5.08. The highest BCUT2D eigenvalue weighted by Crippen LogP contribution is 2.24. The number of carbonyl (C=O) groups is 1. The highest BCUT2D eigenvalue weighted by atomic mass is 16.2. The summed E-state index contributed by atoms with van der Waals surface area (Å²) in [6.07, 6.45) is 9.72. The van der Waals surface area contributed by atoms with Gasteiger partial charge in [-0.25, -0.2) is 0 Å². The van der Waals surface area contributed by atoms with Crippen LogP contribution in [-0.4, -0.2) is 33.2 Å². The van der Waals surface area contributed by atoms with Crippen molar-refractivity contribution in [3.8, 4) is 0 Å². The summed E-state index contributed by atoms with van der Waals surface area (Å²) in [4.78, 5) is 14.6. The third-order valence-electron chi connectivity index (χ3n) is 3.92. The van der Waals surface area contributed by atoms with E-state index in [9.17, 15) is 4.79 Å². The third kappa shape index (κ3) is 2.74. The SMILES string of the molecule is CCN(C(=O)C(C)n1cccn1)C1CCCCC1. The van der Waals surface area contributed by atoms with Crippen LogP contribution in [-0.2, 0) is 4.79 Å². The van der Waals surface area contributed by atoms with Crippen molar-refractivity contribution >= 4 is 5.91 Å². The van der Waals surface area contributed by atoms with Crippen molar-refractivity contribution in [3.63, 3.8) is 0 Å². The van der Waals surface area contributed by atoms with Crippen LogP contribution in [0.5, 0.6) is 0 Å². The molecule has 0 aliphatic heterocycles. The smallest absolute Gasteiger partial charge is 0.247 e. The largest absolute Gasteiger partial charge is 0.338 e. The van der Waals surface area contributed by atoms with Gasteiger partial charge in [-0.2, -0.15) is 5.10 Å². The third-order valence-corrected chi connectivity index (χ3v) is 3.92. The lowest BCUT2D eigenvalue weighted by molar-refractivity contribution is -0.137. The number of likely N-dealkylation sites (N-methyl/N-ethyl adjacent to an activating group) is 1. The fourth-order valence-electron chi connectivity index (χ4n) is 2.85. The van der Waals surface area contributed by atoms with Crippen molar-refractivity contribution < 1.29 is 4.79 Å². The predicted molar refractivity (Wildman–Crippen MR) is 71.2 cm³/mol. The molecule has 0 spiro atoms. The molecule has 1 aromatic rings. The molecule has 18 heavy (non-hydrogen) atoms. The maximum Gasteiger partial charge on any atom is 0.247 e. The van der Waals surface area contributed by atoms with Crippen LogP contribution < -0.4 is 0 Å². The molecule has 0 saturated heterocycles. The van der Waals surface area contributed by atoms with E-state index in [0.717, 1.165) is 19.4 Å². The molecule has 4 nitrogen and oxygen atoms in total.